The van der Waals surface area contributed by atoms with Gasteiger partial charge >= 0.3 is 6.09 Å². The number of amides is 3. The number of nitrogens with zero attached hydrogens (tertiary/aromatic N) is 1. The number of anilines is 1. The monoisotopic (exact) mass is 580 g/mol. The molecule has 1 aromatic rings. The molecule has 0 radical (unpaired) electrons. The van der Waals surface area contributed by atoms with Gasteiger partial charge in [-0.25, -0.2) is 4.79 Å². The second-order valence-electron chi connectivity index (χ2n) is 12.7. The predicted octanol–water partition coefficient (Wildman–Crippen LogP) is 3.94. The molecule has 10 heteroatoms. The molecule has 0 saturated heterocycles. The Morgan fingerprint density at radius 2 is 1.77 bits per heavy atom. The first-order valence-corrected chi connectivity index (χ1v) is 14.3. The summed E-state index contributed by atoms with van der Waals surface area (Å²) in [5, 5.41) is 16.5. The number of halogens is 1. The number of carbonyl (C=O) groups is 3. The van der Waals surface area contributed by atoms with E-state index in [4.69, 9.17) is 10.5 Å². The second kappa shape index (κ2) is 14.5. The number of alkyl carbamates (subject to hydrolysis) is 1. The van der Waals surface area contributed by atoms with Crippen LogP contribution in [0.4, 0.5) is 10.5 Å². The van der Waals surface area contributed by atoms with Crippen LogP contribution in [-0.4, -0.2) is 61.4 Å². The zero-order valence-corrected chi connectivity index (χ0v) is 25.5. The van der Waals surface area contributed by atoms with Gasteiger partial charge in [-0.2, -0.15) is 0 Å². The van der Waals surface area contributed by atoms with Gasteiger partial charge in [0.15, 0.2) is 0 Å². The van der Waals surface area contributed by atoms with Crippen LogP contribution in [0.3, 0.4) is 0 Å². The molecule has 40 heavy (non-hydrogen) atoms. The number of nitrogens with two attached hydrogens (primary N) is 1. The molecule has 9 nitrogen and oxygen atoms in total. The van der Waals surface area contributed by atoms with Crippen LogP contribution in [0.15, 0.2) is 24.3 Å². The molecule has 0 aromatic heterocycles. The molecule has 1 aliphatic heterocycles. The maximum Gasteiger partial charge on any atom is 0.407 e. The van der Waals surface area contributed by atoms with E-state index in [1.54, 1.807) is 4.90 Å². The van der Waals surface area contributed by atoms with E-state index in [1.807, 2.05) is 52.0 Å². The van der Waals surface area contributed by atoms with E-state index in [-0.39, 0.29) is 43.2 Å². The average Bonchev–Trinajstić information content (AvgIpc) is 2.90. The second-order valence-corrected chi connectivity index (χ2v) is 12.7. The number of rotatable bonds is 10. The number of hydrogen-bond acceptors (Lipinski definition) is 6. The van der Waals surface area contributed by atoms with Gasteiger partial charge in [0.25, 0.3) is 0 Å². The first kappa shape index (κ1) is 33.8. The lowest BCUT2D eigenvalue weighted by Gasteiger charge is -2.37. The molecule has 1 aliphatic carbocycles. The Balaban J connectivity index is 0.00000560. The van der Waals surface area contributed by atoms with E-state index in [0.29, 0.717) is 25.3 Å². The minimum Gasteiger partial charge on any atom is -0.453 e. The Labute approximate surface area is 245 Å². The molecule has 0 bridgehead atoms. The maximum atomic E-state index is 13.5. The van der Waals surface area contributed by atoms with E-state index in [9.17, 15) is 19.5 Å². The maximum absolute atomic E-state index is 13.5. The van der Waals surface area contributed by atoms with Crippen molar-refractivity contribution in [2.45, 2.75) is 97.2 Å². The van der Waals surface area contributed by atoms with Crippen molar-refractivity contribution in [2.24, 2.45) is 22.5 Å². The lowest BCUT2D eigenvalue weighted by atomic mass is 9.70. The smallest absolute Gasteiger partial charge is 0.407 e. The summed E-state index contributed by atoms with van der Waals surface area (Å²) in [6, 6.07) is 6.83. The van der Waals surface area contributed by atoms with E-state index >= 15 is 0 Å². The number of ether oxygens (including phenoxy) is 1. The highest BCUT2D eigenvalue weighted by molar-refractivity contribution is 5.95. The first-order valence-electron chi connectivity index (χ1n) is 14.3. The van der Waals surface area contributed by atoms with Crippen LogP contribution < -0.4 is 21.3 Å². The fourth-order valence-corrected chi connectivity index (χ4v) is 6.09. The predicted molar refractivity (Wildman–Crippen MR) is 159 cm³/mol. The van der Waals surface area contributed by atoms with Crippen LogP contribution in [0, 0.1) is 16.7 Å². The number of para-hydroxylation sites is 1. The number of nitrogens with one attached hydrogen (secondary N) is 2. The fraction of sp³-hybridized carbons (Fsp3) is 0.700. The largest absolute Gasteiger partial charge is 0.453 e. The Kier molecular flexibility index (Phi) is 12.3. The first-order chi connectivity index (χ1) is 18.3. The summed E-state index contributed by atoms with van der Waals surface area (Å²) in [4.78, 5) is 40.0. The van der Waals surface area contributed by atoms with Crippen LogP contribution in [0.5, 0.6) is 0 Å². The van der Waals surface area contributed by atoms with E-state index in [1.165, 1.54) is 13.5 Å². The third-order valence-electron chi connectivity index (χ3n) is 8.56. The quantitative estimate of drug-likeness (QED) is 0.331. The highest BCUT2D eigenvalue weighted by Gasteiger charge is 2.38. The van der Waals surface area contributed by atoms with Gasteiger partial charge in [-0.3, -0.25) is 9.59 Å². The number of carbonyl (C=O) groups excluding carboxylic acids is 3. The molecule has 2 aliphatic rings. The summed E-state index contributed by atoms with van der Waals surface area (Å²) in [6.45, 7) is 8.33. The average molecular weight is 581 g/mol. The normalized spacial score (nSPS) is 19.5. The molecule has 1 fully saturated rings. The van der Waals surface area contributed by atoms with Gasteiger partial charge in [-0.05, 0) is 48.6 Å². The van der Waals surface area contributed by atoms with Crippen LogP contribution in [-0.2, 0) is 20.7 Å². The van der Waals surface area contributed by atoms with Gasteiger partial charge in [0.05, 0.1) is 19.3 Å². The van der Waals surface area contributed by atoms with Crippen molar-refractivity contribution in [1.82, 2.24) is 10.6 Å². The number of aliphatic hydroxyl groups is 1. The molecule has 1 unspecified atom stereocenters. The number of fused-ring (bicyclic) bond motifs is 1. The third kappa shape index (κ3) is 8.82. The van der Waals surface area contributed by atoms with Gasteiger partial charge in [0.2, 0.25) is 11.8 Å². The molecule has 0 spiro atoms. The molecule has 5 N–H and O–H groups in total. The molecular weight excluding hydrogens is 532 g/mol. The highest BCUT2D eigenvalue weighted by atomic mass is 35.5. The SMILES string of the molecule is COC(=O)NC1Cc2ccccc2N(C(=O)CC(C)(C)C[C@H](N)[C@@H](O)CNC(=O)C(C)(C)C2CCCCC2)C1.Cl. The fourth-order valence-electron chi connectivity index (χ4n) is 6.09. The van der Waals surface area contributed by atoms with Crippen LogP contribution in [0.25, 0.3) is 0 Å². The molecule has 1 saturated carbocycles. The number of hydrogen-bond donors (Lipinski definition) is 4. The van der Waals surface area contributed by atoms with Crippen molar-refractivity contribution in [3.8, 4) is 0 Å². The molecule has 3 amide bonds. The van der Waals surface area contributed by atoms with E-state index in [0.717, 1.165) is 36.9 Å². The minimum absolute atomic E-state index is 0. The summed E-state index contributed by atoms with van der Waals surface area (Å²) in [5.74, 6) is 0.228. The van der Waals surface area contributed by atoms with Crippen LogP contribution >= 0.6 is 12.4 Å². The summed E-state index contributed by atoms with van der Waals surface area (Å²) in [5.41, 5.74) is 7.22. The zero-order valence-electron chi connectivity index (χ0n) is 24.7. The summed E-state index contributed by atoms with van der Waals surface area (Å²) < 4.78 is 4.75. The van der Waals surface area contributed by atoms with Gasteiger partial charge < -0.3 is 31.1 Å². The Morgan fingerprint density at radius 1 is 1.12 bits per heavy atom. The third-order valence-corrected chi connectivity index (χ3v) is 8.56. The lowest BCUT2D eigenvalue weighted by molar-refractivity contribution is -0.133. The van der Waals surface area contributed by atoms with Crippen LogP contribution in [0.1, 0.15) is 78.2 Å². The summed E-state index contributed by atoms with van der Waals surface area (Å²) in [6.07, 6.45) is 5.46. The van der Waals surface area contributed by atoms with Crippen molar-refractivity contribution in [3.05, 3.63) is 29.8 Å². The number of methoxy groups -OCH3 is 1. The van der Waals surface area contributed by atoms with Crippen molar-refractivity contribution in [2.75, 3.05) is 25.1 Å². The van der Waals surface area contributed by atoms with Gasteiger partial charge in [0.1, 0.15) is 0 Å². The van der Waals surface area contributed by atoms with Crippen LogP contribution in [0.2, 0.25) is 0 Å². The molecular formula is C30H49ClN4O5. The molecule has 3 rings (SSSR count). The number of aliphatic hydroxyl groups excluding tert-OH is 1. The van der Waals surface area contributed by atoms with Crippen molar-refractivity contribution in [3.63, 3.8) is 0 Å². The molecule has 3 atom stereocenters. The molecule has 1 heterocycles. The topological polar surface area (TPSA) is 134 Å². The lowest BCUT2D eigenvalue weighted by Crippen LogP contribution is -2.51. The summed E-state index contributed by atoms with van der Waals surface area (Å²) in [7, 11) is 1.32. The molecule has 226 valence electrons. The number of benzene rings is 1. The van der Waals surface area contributed by atoms with Gasteiger partial charge in [-0.1, -0.05) is 65.2 Å². The molecule has 1 aromatic carbocycles. The minimum atomic E-state index is -0.921. The Morgan fingerprint density at radius 3 is 2.42 bits per heavy atom. The Bertz CT molecular complexity index is 1010. The standard InChI is InChI=1S/C30H48N4O5.ClH/c1-29(2,16-23(31)25(35)18-32-27(37)30(3,4)21-12-7-6-8-13-21)17-26(36)34-19-22(33-28(38)39-5)15-20-11-9-10-14-24(20)34;/h9-11,14,21-23,25,35H,6-8,12-13,15-19,31H2,1-5H3,(H,32,37)(H,33,38);1H/t22?,23-,25-;/m0./s1. The van der Waals surface area contributed by atoms with Crippen molar-refractivity contribution >= 4 is 36.0 Å². The Hall–Kier alpha value is -2.36. The van der Waals surface area contributed by atoms with Crippen molar-refractivity contribution in [1.29, 1.82) is 0 Å². The zero-order chi connectivity index (χ0) is 28.8. The van der Waals surface area contributed by atoms with E-state index < -0.39 is 29.1 Å². The van der Waals surface area contributed by atoms with E-state index in [2.05, 4.69) is 10.6 Å². The van der Waals surface area contributed by atoms with Gasteiger partial charge in [0, 0.05) is 36.7 Å². The van der Waals surface area contributed by atoms with Gasteiger partial charge in [-0.15, -0.1) is 12.4 Å². The highest BCUT2D eigenvalue weighted by Crippen LogP contribution is 2.38. The summed E-state index contributed by atoms with van der Waals surface area (Å²) >= 11 is 0. The van der Waals surface area contributed by atoms with Crippen molar-refractivity contribution < 1.29 is 24.2 Å².